The zero-order chi connectivity index (χ0) is 9.84. The van der Waals surface area contributed by atoms with E-state index in [1.165, 1.54) is 16.7 Å². The lowest BCUT2D eigenvalue weighted by molar-refractivity contribution is 1.10. The van der Waals surface area contributed by atoms with E-state index in [9.17, 15) is 0 Å². The van der Waals surface area contributed by atoms with Gasteiger partial charge in [-0.25, -0.2) is 0 Å². The molecule has 0 aliphatic carbocycles. The molecule has 0 heterocycles. The molecule has 0 saturated heterocycles. The molecule has 13 heavy (non-hydrogen) atoms. The minimum Gasteiger partial charge on any atom is -0.399 e. The number of hydrogen-bond acceptors (Lipinski definition) is 2. The fourth-order valence-electron chi connectivity index (χ4n) is 1.42. The van der Waals surface area contributed by atoms with Gasteiger partial charge in [0.25, 0.3) is 0 Å². The van der Waals surface area contributed by atoms with Crippen molar-refractivity contribution in [3.8, 4) is 0 Å². The molecule has 1 aromatic carbocycles. The first-order valence-corrected chi connectivity index (χ1v) is 4.35. The summed E-state index contributed by atoms with van der Waals surface area (Å²) in [5.74, 6) is 0. The first-order valence-electron chi connectivity index (χ1n) is 4.35. The average Bonchev–Trinajstić information content (AvgIpc) is 2.04. The van der Waals surface area contributed by atoms with Gasteiger partial charge in [-0.15, -0.1) is 0 Å². The van der Waals surface area contributed by atoms with Gasteiger partial charge in [0, 0.05) is 12.7 Å². The molecule has 2 heteroatoms. The lowest BCUT2D eigenvalue weighted by Gasteiger charge is -2.06. The number of nitrogens with two attached hydrogens (primary N) is 1. The smallest absolute Gasteiger partial charge is 0.0317 e. The number of rotatable bonds is 2. The van der Waals surface area contributed by atoms with E-state index < -0.39 is 0 Å². The summed E-state index contributed by atoms with van der Waals surface area (Å²) in [4.78, 5) is 0. The molecule has 0 aromatic heterocycles. The Kier molecular flexibility index (Phi) is 2.96. The van der Waals surface area contributed by atoms with Crippen molar-refractivity contribution < 1.29 is 0 Å². The zero-order valence-corrected chi connectivity index (χ0v) is 8.39. The molecule has 1 rings (SSSR count). The quantitative estimate of drug-likeness (QED) is 0.678. The Hall–Kier alpha value is -1.44. The number of nitrogen functional groups attached to an aromatic ring is 1. The number of benzene rings is 1. The zero-order valence-electron chi connectivity index (χ0n) is 8.39. The monoisotopic (exact) mass is 176 g/mol. The summed E-state index contributed by atoms with van der Waals surface area (Å²) in [7, 11) is 1.90. The van der Waals surface area contributed by atoms with Crippen LogP contribution in [0.4, 0.5) is 5.69 Å². The first kappa shape index (κ1) is 9.65. The Bertz CT molecular complexity index is 327. The molecule has 0 aliphatic rings. The fourth-order valence-corrected chi connectivity index (χ4v) is 1.42. The highest BCUT2D eigenvalue weighted by Gasteiger charge is 1.99. The minimum atomic E-state index is 0.818. The van der Waals surface area contributed by atoms with Crippen LogP contribution in [0.3, 0.4) is 0 Å². The number of hydrogen-bond donors (Lipinski definition) is 2. The minimum absolute atomic E-state index is 0.818. The van der Waals surface area contributed by atoms with Crippen LogP contribution in [0.5, 0.6) is 0 Å². The molecule has 0 aliphatic heterocycles. The molecule has 0 spiro atoms. The second-order valence-corrected chi connectivity index (χ2v) is 3.19. The SMILES string of the molecule is CN/C=C(\C)c1ccc(N)cc1C. The molecule has 0 bridgehead atoms. The molecule has 0 fully saturated rings. The van der Waals surface area contributed by atoms with Crippen LogP contribution in [-0.2, 0) is 0 Å². The highest BCUT2D eigenvalue weighted by atomic mass is 14.8. The van der Waals surface area contributed by atoms with E-state index in [-0.39, 0.29) is 0 Å². The van der Waals surface area contributed by atoms with Crippen molar-refractivity contribution >= 4 is 11.3 Å². The summed E-state index contributed by atoms with van der Waals surface area (Å²) in [5, 5.41) is 3.01. The summed E-state index contributed by atoms with van der Waals surface area (Å²) >= 11 is 0. The number of aryl methyl sites for hydroxylation is 1. The maximum Gasteiger partial charge on any atom is 0.0317 e. The van der Waals surface area contributed by atoms with E-state index >= 15 is 0 Å². The topological polar surface area (TPSA) is 38.0 Å². The Morgan fingerprint density at radius 3 is 2.69 bits per heavy atom. The molecule has 70 valence electrons. The van der Waals surface area contributed by atoms with Gasteiger partial charge in [-0.05, 0) is 48.9 Å². The Balaban J connectivity index is 3.09. The highest BCUT2D eigenvalue weighted by Crippen LogP contribution is 2.19. The van der Waals surface area contributed by atoms with E-state index in [1.807, 2.05) is 31.4 Å². The molecule has 3 N–H and O–H groups in total. The summed E-state index contributed by atoms with van der Waals surface area (Å²) in [6, 6.07) is 5.96. The summed E-state index contributed by atoms with van der Waals surface area (Å²) < 4.78 is 0. The van der Waals surface area contributed by atoms with Crippen LogP contribution in [0.1, 0.15) is 18.1 Å². The van der Waals surface area contributed by atoms with Gasteiger partial charge in [0.1, 0.15) is 0 Å². The van der Waals surface area contributed by atoms with Crippen LogP contribution in [0.2, 0.25) is 0 Å². The van der Waals surface area contributed by atoms with Gasteiger partial charge >= 0.3 is 0 Å². The van der Waals surface area contributed by atoms with Gasteiger partial charge < -0.3 is 11.1 Å². The van der Waals surface area contributed by atoms with E-state index in [0.717, 1.165) is 5.69 Å². The molecular weight excluding hydrogens is 160 g/mol. The number of nitrogens with one attached hydrogen (secondary N) is 1. The molecule has 0 unspecified atom stereocenters. The molecule has 0 atom stereocenters. The predicted octanol–water partition coefficient (Wildman–Crippen LogP) is 2.16. The van der Waals surface area contributed by atoms with E-state index in [4.69, 9.17) is 5.73 Å². The Morgan fingerprint density at radius 2 is 2.15 bits per heavy atom. The van der Waals surface area contributed by atoms with Gasteiger partial charge in [0.05, 0.1) is 0 Å². The van der Waals surface area contributed by atoms with Gasteiger partial charge in [-0.2, -0.15) is 0 Å². The van der Waals surface area contributed by atoms with Crippen molar-refractivity contribution in [3.63, 3.8) is 0 Å². The highest BCUT2D eigenvalue weighted by molar-refractivity contribution is 5.68. The van der Waals surface area contributed by atoms with Crippen LogP contribution >= 0.6 is 0 Å². The molecule has 0 amide bonds. The predicted molar refractivity (Wildman–Crippen MR) is 58.3 cm³/mol. The lowest BCUT2D eigenvalue weighted by Crippen LogP contribution is -1.96. The summed E-state index contributed by atoms with van der Waals surface area (Å²) in [6.45, 7) is 4.15. The van der Waals surface area contributed by atoms with Crippen LogP contribution in [0.25, 0.3) is 5.57 Å². The van der Waals surface area contributed by atoms with Crippen LogP contribution in [0, 0.1) is 6.92 Å². The second kappa shape index (κ2) is 3.99. The Labute approximate surface area is 79.5 Å². The van der Waals surface area contributed by atoms with Crippen LogP contribution < -0.4 is 11.1 Å². The molecule has 2 nitrogen and oxygen atoms in total. The maximum atomic E-state index is 5.67. The van der Waals surface area contributed by atoms with E-state index in [2.05, 4.69) is 19.2 Å². The van der Waals surface area contributed by atoms with E-state index in [1.54, 1.807) is 0 Å². The largest absolute Gasteiger partial charge is 0.399 e. The summed E-state index contributed by atoms with van der Waals surface area (Å²) in [6.07, 6.45) is 1.98. The third-order valence-corrected chi connectivity index (χ3v) is 2.04. The molecule has 0 radical (unpaired) electrons. The van der Waals surface area contributed by atoms with Crippen molar-refractivity contribution in [1.29, 1.82) is 0 Å². The third-order valence-electron chi connectivity index (χ3n) is 2.04. The van der Waals surface area contributed by atoms with Gasteiger partial charge in [-0.1, -0.05) is 6.07 Å². The second-order valence-electron chi connectivity index (χ2n) is 3.19. The Morgan fingerprint density at radius 1 is 1.46 bits per heavy atom. The average molecular weight is 176 g/mol. The van der Waals surface area contributed by atoms with Crippen LogP contribution in [0.15, 0.2) is 24.4 Å². The molecule has 0 saturated carbocycles. The third kappa shape index (κ3) is 2.25. The number of allylic oxidation sites excluding steroid dienone is 1. The van der Waals surface area contributed by atoms with E-state index in [0.29, 0.717) is 0 Å². The maximum absolute atomic E-state index is 5.67. The molecular formula is C11H16N2. The lowest BCUT2D eigenvalue weighted by atomic mass is 10.0. The van der Waals surface area contributed by atoms with Gasteiger partial charge in [0.2, 0.25) is 0 Å². The molecule has 1 aromatic rings. The normalized spacial score (nSPS) is 11.5. The van der Waals surface area contributed by atoms with Crippen molar-refractivity contribution in [2.75, 3.05) is 12.8 Å². The van der Waals surface area contributed by atoms with Gasteiger partial charge in [0.15, 0.2) is 0 Å². The fraction of sp³-hybridized carbons (Fsp3) is 0.273. The van der Waals surface area contributed by atoms with Crippen molar-refractivity contribution in [2.45, 2.75) is 13.8 Å². The van der Waals surface area contributed by atoms with Crippen molar-refractivity contribution in [2.24, 2.45) is 0 Å². The van der Waals surface area contributed by atoms with Gasteiger partial charge in [-0.3, -0.25) is 0 Å². The standard InChI is InChI=1S/C11H16N2/c1-8-6-10(12)4-5-11(8)9(2)7-13-3/h4-7,13H,12H2,1-3H3/b9-7+. The first-order chi connectivity index (χ1) is 6.15. The van der Waals surface area contributed by atoms with Crippen molar-refractivity contribution in [3.05, 3.63) is 35.5 Å². The van der Waals surface area contributed by atoms with Crippen molar-refractivity contribution in [1.82, 2.24) is 5.32 Å². The number of anilines is 1. The van der Waals surface area contributed by atoms with Crippen LogP contribution in [-0.4, -0.2) is 7.05 Å². The summed E-state index contributed by atoms with van der Waals surface area (Å²) in [5.41, 5.74) is 10.2.